The maximum absolute atomic E-state index is 12.1. The molecule has 4 nitrogen and oxygen atoms in total. The number of aromatic nitrogens is 1. The predicted molar refractivity (Wildman–Crippen MR) is 82.2 cm³/mol. The lowest BCUT2D eigenvalue weighted by Crippen LogP contribution is -2.35. The fourth-order valence-electron chi connectivity index (χ4n) is 2.20. The number of nitrogens with zero attached hydrogens (tertiary/aromatic N) is 1. The van der Waals surface area contributed by atoms with Crippen LogP contribution in [0.25, 0.3) is 0 Å². The van der Waals surface area contributed by atoms with Crippen LogP contribution in [0.1, 0.15) is 29.8 Å². The van der Waals surface area contributed by atoms with Crippen molar-refractivity contribution in [1.29, 1.82) is 0 Å². The summed E-state index contributed by atoms with van der Waals surface area (Å²) in [6.07, 6.45) is 4.38. The Morgan fingerprint density at radius 2 is 1.86 bits per heavy atom. The molecule has 4 heteroatoms. The molecule has 0 saturated carbocycles. The standard InChI is InChI=1S/C17H20N2O2/c1-17(2,11-13-7-9-18-10-8-13)12-19-16(21)14-5-3-4-6-15(14)20/h3-10,20H,11-12H2,1-2H3,(H,19,21). The van der Waals surface area contributed by atoms with Crippen LogP contribution < -0.4 is 5.32 Å². The number of phenols is 1. The van der Waals surface area contributed by atoms with Gasteiger partial charge in [-0.15, -0.1) is 0 Å². The topological polar surface area (TPSA) is 62.2 Å². The lowest BCUT2D eigenvalue weighted by molar-refractivity contribution is 0.0933. The van der Waals surface area contributed by atoms with Gasteiger partial charge in [0, 0.05) is 18.9 Å². The highest BCUT2D eigenvalue weighted by molar-refractivity contribution is 5.96. The second-order valence-corrected chi connectivity index (χ2v) is 5.90. The molecule has 1 heterocycles. The summed E-state index contributed by atoms with van der Waals surface area (Å²) in [5, 5.41) is 12.6. The molecule has 0 atom stereocenters. The molecule has 1 aromatic heterocycles. The van der Waals surface area contributed by atoms with Crippen LogP contribution in [0.15, 0.2) is 48.8 Å². The molecular formula is C17H20N2O2. The summed E-state index contributed by atoms with van der Waals surface area (Å²) in [5.41, 5.74) is 1.41. The molecule has 1 amide bonds. The van der Waals surface area contributed by atoms with Gasteiger partial charge in [-0.2, -0.15) is 0 Å². The van der Waals surface area contributed by atoms with Crippen molar-refractivity contribution in [2.75, 3.05) is 6.54 Å². The molecule has 2 rings (SSSR count). The molecule has 0 aliphatic rings. The predicted octanol–water partition coefficient (Wildman–Crippen LogP) is 2.79. The first kappa shape index (κ1) is 15.0. The molecule has 0 spiro atoms. The number of aromatic hydroxyl groups is 1. The SMILES string of the molecule is CC(C)(CNC(=O)c1ccccc1O)Cc1ccncc1. The van der Waals surface area contributed by atoms with Crippen LogP contribution >= 0.6 is 0 Å². The Balaban J connectivity index is 1.95. The van der Waals surface area contributed by atoms with Crippen molar-refractivity contribution < 1.29 is 9.90 Å². The van der Waals surface area contributed by atoms with E-state index in [0.29, 0.717) is 12.1 Å². The van der Waals surface area contributed by atoms with Gasteiger partial charge in [0.15, 0.2) is 0 Å². The molecule has 0 radical (unpaired) electrons. The number of phenolic OH excluding ortho intramolecular Hbond substituents is 1. The Morgan fingerprint density at radius 1 is 1.19 bits per heavy atom. The molecule has 0 aliphatic heterocycles. The second kappa shape index (κ2) is 6.39. The molecule has 0 unspecified atom stereocenters. The zero-order valence-electron chi connectivity index (χ0n) is 12.3. The number of hydrogen-bond donors (Lipinski definition) is 2. The number of amides is 1. The third-order valence-electron chi connectivity index (χ3n) is 3.31. The van der Waals surface area contributed by atoms with Gasteiger partial charge < -0.3 is 10.4 Å². The van der Waals surface area contributed by atoms with Crippen LogP contribution in [0.5, 0.6) is 5.75 Å². The number of para-hydroxylation sites is 1. The number of carbonyl (C=O) groups excluding carboxylic acids is 1. The Bertz CT molecular complexity index is 609. The first-order chi connectivity index (χ1) is 9.98. The van der Waals surface area contributed by atoms with Crippen molar-refractivity contribution >= 4 is 5.91 Å². The highest BCUT2D eigenvalue weighted by Gasteiger charge is 2.20. The van der Waals surface area contributed by atoms with E-state index in [2.05, 4.69) is 24.1 Å². The van der Waals surface area contributed by atoms with Crippen molar-refractivity contribution in [3.8, 4) is 5.75 Å². The Morgan fingerprint density at radius 3 is 2.52 bits per heavy atom. The van der Waals surface area contributed by atoms with E-state index in [0.717, 1.165) is 6.42 Å². The third kappa shape index (κ3) is 4.31. The minimum Gasteiger partial charge on any atom is -0.507 e. The fourth-order valence-corrected chi connectivity index (χ4v) is 2.20. The number of carbonyl (C=O) groups is 1. The van der Waals surface area contributed by atoms with E-state index in [4.69, 9.17) is 0 Å². The average molecular weight is 284 g/mol. The fraction of sp³-hybridized carbons (Fsp3) is 0.294. The quantitative estimate of drug-likeness (QED) is 0.887. The van der Waals surface area contributed by atoms with Gasteiger partial charge in [0.05, 0.1) is 5.56 Å². The maximum Gasteiger partial charge on any atom is 0.255 e. The van der Waals surface area contributed by atoms with Crippen LogP contribution in [0.2, 0.25) is 0 Å². The number of benzene rings is 1. The van der Waals surface area contributed by atoms with Crippen LogP contribution in [0, 0.1) is 5.41 Å². The van der Waals surface area contributed by atoms with E-state index >= 15 is 0 Å². The van der Waals surface area contributed by atoms with E-state index < -0.39 is 0 Å². The molecule has 21 heavy (non-hydrogen) atoms. The van der Waals surface area contributed by atoms with Crippen LogP contribution in [0.4, 0.5) is 0 Å². The van der Waals surface area contributed by atoms with Crippen molar-refractivity contribution in [2.24, 2.45) is 5.41 Å². The van der Waals surface area contributed by atoms with Gasteiger partial charge in [-0.05, 0) is 41.7 Å². The smallest absolute Gasteiger partial charge is 0.255 e. The molecular weight excluding hydrogens is 264 g/mol. The van der Waals surface area contributed by atoms with Crippen molar-refractivity contribution in [2.45, 2.75) is 20.3 Å². The zero-order valence-corrected chi connectivity index (χ0v) is 12.3. The Hall–Kier alpha value is -2.36. The third-order valence-corrected chi connectivity index (χ3v) is 3.31. The monoisotopic (exact) mass is 284 g/mol. The first-order valence-electron chi connectivity index (χ1n) is 6.93. The van der Waals surface area contributed by atoms with Gasteiger partial charge >= 0.3 is 0 Å². The minimum absolute atomic E-state index is 0.00180. The number of rotatable bonds is 5. The molecule has 0 bridgehead atoms. The molecule has 0 fully saturated rings. The summed E-state index contributed by atoms with van der Waals surface area (Å²) in [6, 6.07) is 10.5. The Kier molecular flexibility index (Phi) is 4.58. The van der Waals surface area contributed by atoms with Crippen molar-refractivity contribution in [1.82, 2.24) is 10.3 Å². The summed E-state index contributed by atoms with van der Waals surface area (Å²) in [7, 11) is 0. The molecule has 1 aromatic carbocycles. The highest BCUT2D eigenvalue weighted by atomic mass is 16.3. The van der Waals surface area contributed by atoms with E-state index in [-0.39, 0.29) is 17.1 Å². The van der Waals surface area contributed by atoms with Gasteiger partial charge in [-0.3, -0.25) is 9.78 Å². The van der Waals surface area contributed by atoms with Gasteiger partial charge in [0.25, 0.3) is 5.91 Å². The van der Waals surface area contributed by atoms with E-state index in [1.165, 1.54) is 11.6 Å². The number of nitrogens with one attached hydrogen (secondary N) is 1. The van der Waals surface area contributed by atoms with Gasteiger partial charge in [0.1, 0.15) is 5.75 Å². The average Bonchev–Trinajstić information content (AvgIpc) is 2.46. The highest BCUT2D eigenvalue weighted by Crippen LogP contribution is 2.21. The first-order valence-corrected chi connectivity index (χ1v) is 6.93. The molecule has 2 N–H and O–H groups in total. The van der Waals surface area contributed by atoms with Crippen LogP contribution in [0.3, 0.4) is 0 Å². The minimum atomic E-state index is -0.254. The molecule has 110 valence electrons. The number of pyridine rings is 1. The zero-order chi connectivity index (χ0) is 15.3. The Labute approximate surface area is 124 Å². The maximum atomic E-state index is 12.1. The van der Waals surface area contributed by atoms with Crippen LogP contribution in [-0.4, -0.2) is 22.5 Å². The van der Waals surface area contributed by atoms with Gasteiger partial charge in [-0.25, -0.2) is 0 Å². The van der Waals surface area contributed by atoms with Crippen molar-refractivity contribution in [3.05, 3.63) is 59.9 Å². The summed E-state index contributed by atoms with van der Waals surface area (Å²) in [5.74, 6) is -0.252. The molecule has 0 aliphatic carbocycles. The summed E-state index contributed by atoms with van der Waals surface area (Å²) in [4.78, 5) is 16.1. The summed E-state index contributed by atoms with van der Waals surface area (Å²) in [6.45, 7) is 4.72. The van der Waals surface area contributed by atoms with E-state index in [1.807, 2.05) is 12.1 Å². The number of hydrogen-bond acceptors (Lipinski definition) is 3. The van der Waals surface area contributed by atoms with Crippen LogP contribution in [-0.2, 0) is 6.42 Å². The summed E-state index contributed by atoms with van der Waals surface area (Å²) >= 11 is 0. The molecule has 0 saturated heterocycles. The lowest BCUT2D eigenvalue weighted by atomic mass is 9.86. The summed E-state index contributed by atoms with van der Waals surface area (Å²) < 4.78 is 0. The van der Waals surface area contributed by atoms with E-state index in [9.17, 15) is 9.90 Å². The lowest BCUT2D eigenvalue weighted by Gasteiger charge is -2.25. The van der Waals surface area contributed by atoms with E-state index in [1.54, 1.807) is 30.6 Å². The van der Waals surface area contributed by atoms with Crippen molar-refractivity contribution in [3.63, 3.8) is 0 Å². The largest absolute Gasteiger partial charge is 0.507 e. The molecule has 2 aromatic rings. The van der Waals surface area contributed by atoms with Gasteiger partial charge in [-0.1, -0.05) is 26.0 Å². The normalized spacial score (nSPS) is 11.1. The van der Waals surface area contributed by atoms with Gasteiger partial charge in [0.2, 0.25) is 0 Å². The second-order valence-electron chi connectivity index (χ2n) is 5.90.